The molecule has 1 fully saturated rings. The summed E-state index contributed by atoms with van der Waals surface area (Å²) in [5, 5.41) is 0. The van der Waals surface area contributed by atoms with E-state index in [0.717, 1.165) is 28.2 Å². The molecule has 0 radical (unpaired) electrons. The summed E-state index contributed by atoms with van der Waals surface area (Å²) in [6, 6.07) is 0. The van der Waals surface area contributed by atoms with Gasteiger partial charge in [0.2, 0.25) is 0 Å². The maximum atomic E-state index is 5.69. The smallest absolute Gasteiger partial charge is 0.0185 e. The first kappa shape index (κ1) is 11.8. The average molecular weight is 295 g/mol. The minimum absolute atomic E-state index is 0.838. The van der Waals surface area contributed by atoms with Crippen molar-refractivity contribution in [2.45, 2.75) is 43.5 Å². The molecule has 0 bridgehead atoms. The molecule has 0 aliphatic heterocycles. The van der Waals surface area contributed by atoms with Gasteiger partial charge >= 0.3 is 0 Å². The second-order valence-electron chi connectivity index (χ2n) is 4.49. The predicted octanol–water partition coefficient (Wildman–Crippen LogP) is 3.21. The molecule has 0 aromatic carbocycles. The van der Waals surface area contributed by atoms with Crippen molar-refractivity contribution in [3.8, 4) is 0 Å². The van der Waals surface area contributed by atoms with Crippen molar-refractivity contribution in [1.82, 2.24) is 0 Å². The highest BCUT2D eigenvalue weighted by Crippen LogP contribution is 2.49. The fraction of sp³-hybridized carbons (Fsp3) is 1.00. The van der Waals surface area contributed by atoms with E-state index in [-0.39, 0.29) is 0 Å². The number of alkyl halides is 1. The molecule has 0 heterocycles. The Kier molecular flexibility index (Phi) is 5.01. The summed E-state index contributed by atoms with van der Waals surface area (Å²) in [5.74, 6) is 2.70. The van der Waals surface area contributed by atoms with Crippen LogP contribution in [0.3, 0.4) is 0 Å². The van der Waals surface area contributed by atoms with Crippen LogP contribution in [0.15, 0.2) is 0 Å². The Morgan fingerprint density at radius 2 is 2.08 bits per heavy atom. The highest BCUT2D eigenvalue weighted by molar-refractivity contribution is 14.1. The second-order valence-corrected chi connectivity index (χ2v) is 5.93. The van der Waals surface area contributed by atoms with E-state index in [2.05, 4.69) is 36.4 Å². The van der Waals surface area contributed by atoms with E-state index >= 15 is 0 Å². The van der Waals surface area contributed by atoms with Gasteiger partial charge in [-0.15, -0.1) is 0 Å². The van der Waals surface area contributed by atoms with Crippen molar-refractivity contribution < 1.29 is 0 Å². The van der Waals surface area contributed by atoms with Crippen molar-refractivity contribution in [2.24, 2.45) is 23.5 Å². The highest BCUT2D eigenvalue weighted by atomic mass is 127. The van der Waals surface area contributed by atoms with Gasteiger partial charge in [-0.2, -0.15) is 0 Å². The molecule has 1 aliphatic carbocycles. The summed E-state index contributed by atoms with van der Waals surface area (Å²) >= 11 is 2.57. The maximum absolute atomic E-state index is 5.69. The van der Waals surface area contributed by atoms with E-state index in [1.54, 1.807) is 0 Å². The lowest BCUT2D eigenvalue weighted by atomic mass is 9.97. The molecule has 1 aliphatic rings. The second kappa shape index (κ2) is 5.54. The molecule has 0 aromatic heterocycles. The van der Waals surface area contributed by atoms with Gasteiger partial charge in [-0.05, 0) is 30.7 Å². The van der Waals surface area contributed by atoms with E-state index in [4.69, 9.17) is 5.73 Å². The van der Waals surface area contributed by atoms with Crippen molar-refractivity contribution in [1.29, 1.82) is 0 Å². The fourth-order valence-electron chi connectivity index (χ4n) is 2.14. The molecule has 4 unspecified atom stereocenters. The van der Waals surface area contributed by atoms with Crippen molar-refractivity contribution in [3.05, 3.63) is 0 Å². The van der Waals surface area contributed by atoms with Crippen LogP contribution < -0.4 is 5.73 Å². The standard InChI is InChI=1S/C11H22IN/c1-3-4-5-8(2)6-9-10(7-13)11(9)12/h8-11H,3-7,13H2,1-2H3. The van der Waals surface area contributed by atoms with Gasteiger partial charge in [-0.25, -0.2) is 0 Å². The molecule has 0 amide bonds. The summed E-state index contributed by atoms with van der Waals surface area (Å²) in [6.07, 6.45) is 5.55. The van der Waals surface area contributed by atoms with Gasteiger partial charge in [0.05, 0.1) is 0 Å². The third kappa shape index (κ3) is 3.39. The van der Waals surface area contributed by atoms with E-state index < -0.39 is 0 Å². The van der Waals surface area contributed by atoms with Gasteiger partial charge in [0.1, 0.15) is 0 Å². The van der Waals surface area contributed by atoms with Crippen LogP contribution >= 0.6 is 22.6 Å². The third-order valence-electron chi connectivity index (χ3n) is 3.22. The first-order valence-electron chi connectivity index (χ1n) is 5.54. The Morgan fingerprint density at radius 3 is 2.54 bits per heavy atom. The Bertz CT molecular complexity index is 149. The lowest BCUT2D eigenvalue weighted by molar-refractivity contribution is 0.434. The molecular weight excluding hydrogens is 273 g/mol. The number of rotatable bonds is 6. The van der Waals surface area contributed by atoms with Crippen molar-refractivity contribution in [2.75, 3.05) is 6.54 Å². The number of hydrogen-bond acceptors (Lipinski definition) is 1. The zero-order chi connectivity index (χ0) is 9.84. The molecule has 0 spiro atoms. The van der Waals surface area contributed by atoms with Gasteiger partial charge < -0.3 is 5.73 Å². The highest BCUT2D eigenvalue weighted by Gasteiger charge is 2.46. The summed E-state index contributed by atoms with van der Waals surface area (Å²) in [4.78, 5) is 0. The Balaban J connectivity index is 2.11. The van der Waals surface area contributed by atoms with E-state index in [1.165, 1.54) is 25.7 Å². The summed E-state index contributed by atoms with van der Waals surface area (Å²) < 4.78 is 0.881. The molecule has 2 N–H and O–H groups in total. The number of halogens is 1. The Hall–Kier alpha value is 0.690. The topological polar surface area (TPSA) is 26.0 Å². The van der Waals surface area contributed by atoms with Crippen LogP contribution in [0.2, 0.25) is 0 Å². The monoisotopic (exact) mass is 295 g/mol. The van der Waals surface area contributed by atoms with Crippen molar-refractivity contribution in [3.63, 3.8) is 0 Å². The minimum atomic E-state index is 0.838. The summed E-state index contributed by atoms with van der Waals surface area (Å²) in [6.45, 7) is 5.57. The molecule has 0 saturated heterocycles. The molecule has 0 aromatic rings. The van der Waals surface area contributed by atoms with Crippen LogP contribution in [0.5, 0.6) is 0 Å². The van der Waals surface area contributed by atoms with Crippen molar-refractivity contribution >= 4 is 22.6 Å². The molecule has 2 heteroatoms. The van der Waals surface area contributed by atoms with Crippen LogP contribution in [-0.2, 0) is 0 Å². The first-order chi connectivity index (χ1) is 6.20. The zero-order valence-corrected chi connectivity index (χ0v) is 11.0. The van der Waals surface area contributed by atoms with Gasteiger partial charge in [0, 0.05) is 3.92 Å². The molecule has 78 valence electrons. The van der Waals surface area contributed by atoms with Gasteiger partial charge in [0.25, 0.3) is 0 Å². The average Bonchev–Trinajstić information content (AvgIpc) is 2.72. The minimum Gasteiger partial charge on any atom is -0.330 e. The zero-order valence-electron chi connectivity index (χ0n) is 8.80. The van der Waals surface area contributed by atoms with E-state index in [0.29, 0.717) is 0 Å². The van der Waals surface area contributed by atoms with Crippen LogP contribution in [0.1, 0.15) is 39.5 Å². The maximum Gasteiger partial charge on any atom is 0.0185 e. The van der Waals surface area contributed by atoms with E-state index in [9.17, 15) is 0 Å². The molecule has 4 atom stereocenters. The van der Waals surface area contributed by atoms with Crippen LogP contribution in [0, 0.1) is 17.8 Å². The first-order valence-corrected chi connectivity index (χ1v) is 6.79. The van der Waals surface area contributed by atoms with Crippen LogP contribution in [0.4, 0.5) is 0 Å². The Morgan fingerprint density at radius 1 is 1.38 bits per heavy atom. The molecule has 13 heavy (non-hydrogen) atoms. The lowest BCUT2D eigenvalue weighted by Crippen LogP contribution is -2.04. The predicted molar refractivity (Wildman–Crippen MR) is 67.1 cm³/mol. The molecular formula is C11H22IN. The lowest BCUT2D eigenvalue weighted by Gasteiger charge is -2.09. The third-order valence-corrected chi connectivity index (χ3v) is 5.07. The Labute approximate surface area is 96.0 Å². The van der Waals surface area contributed by atoms with Gasteiger partial charge in [-0.1, -0.05) is 55.7 Å². The molecule has 1 nitrogen and oxygen atoms in total. The van der Waals surface area contributed by atoms with Gasteiger partial charge in [0.15, 0.2) is 0 Å². The van der Waals surface area contributed by atoms with E-state index in [1.807, 2.05) is 0 Å². The number of hydrogen-bond donors (Lipinski definition) is 1. The largest absolute Gasteiger partial charge is 0.330 e. The van der Waals surface area contributed by atoms with Gasteiger partial charge in [-0.3, -0.25) is 0 Å². The normalized spacial score (nSPS) is 34.6. The molecule has 1 saturated carbocycles. The molecule has 1 rings (SSSR count). The summed E-state index contributed by atoms with van der Waals surface area (Å²) in [7, 11) is 0. The fourth-order valence-corrected chi connectivity index (χ4v) is 3.56. The SMILES string of the molecule is CCCCC(C)CC1C(I)C1CN. The number of unbranched alkanes of at least 4 members (excludes halogenated alkanes) is 1. The van der Waals surface area contributed by atoms with Crippen LogP contribution in [0.25, 0.3) is 0 Å². The quantitative estimate of drug-likeness (QED) is 0.591. The van der Waals surface area contributed by atoms with Crippen LogP contribution in [-0.4, -0.2) is 10.5 Å². The number of nitrogens with two attached hydrogens (primary N) is 1. The summed E-state index contributed by atoms with van der Waals surface area (Å²) in [5.41, 5.74) is 5.69.